The highest BCUT2D eigenvalue weighted by Crippen LogP contribution is 2.30. The van der Waals surface area contributed by atoms with Gasteiger partial charge in [0.15, 0.2) is 0 Å². The summed E-state index contributed by atoms with van der Waals surface area (Å²) in [7, 11) is 0. The normalized spacial score (nSPS) is 10.4. The molecule has 72 valence electrons. The molecule has 2 nitrogen and oxygen atoms in total. The van der Waals surface area contributed by atoms with E-state index in [1.54, 1.807) is 17.4 Å². The van der Waals surface area contributed by atoms with E-state index >= 15 is 0 Å². The minimum absolute atomic E-state index is 0.714. The second-order valence-electron chi connectivity index (χ2n) is 3.30. The first kappa shape index (κ1) is 9.09. The van der Waals surface area contributed by atoms with Crippen LogP contribution in [0.1, 0.15) is 4.88 Å². The molecule has 0 bridgehead atoms. The Labute approximate surface area is 87.2 Å². The zero-order chi connectivity index (χ0) is 10.1. The third-order valence-corrected chi connectivity index (χ3v) is 3.05. The van der Waals surface area contributed by atoms with Crippen molar-refractivity contribution in [1.82, 2.24) is 0 Å². The highest BCUT2D eigenvalue weighted by atomic mass is 32.1. The first-order valence-electron chi connectivity index (χ1n) is 4.38. The molecule has 0 aliphatic rings. The third-order valence-electron chi connectivity index (χ3n) is 2.00. The van der Waals surface area contributed by atoms with Gasteiger partial charge in [0.1, 0.15) is 0 Å². The van der Waals surface area contributed by atoms with E-state index in [1.807, 2.05) is 12.1 Å². The molecule has 0 fully saturated rings. The number of nitrogen functional groups attached to an aromatic ring is 2. The molecule has 0 unspecified atom stereocenters. The summed E-state index contributed by atoms with van der Waals surface area (Å²) in [4.78, 5) is 2.50. The van der Waals surface area contributed by atoms with Crippen molar-refractivity contribution >= 4 is 22.7 Å². The molecule has 1 heterocycles. The van der Waals surface area contributed by atoms with Crippen LogP contribution in [0.4, 0.5) is 11.4 Å². The number of nitrogens with two attached hydrogens (primary N) is 2. The van der Waals surface area contributed by atoms with Crippen LogP contribution < -0.4 is 11.5 Å². The Bertz CT molecular complexity index is 440. The number of hydrogen-bond acceptors (Lipinski definition) is 3. The van der Waals surface area contributed by atoms with E-state index in [0.717, 1.165) is 5.56 Å². The molecule has 0 spiro atoms. The molecule has 14 heavy (non-hydrogen) atoms. The Morgan fingerprint density at radius 1 is 1.00 bits per heavy atom. The molecule has 0 aliphatic heterocycles. The summed E-state index contributed by atoms with van der Waals surface area (Å²) >= 11 is 1.75. The number of thiophene rings is 1. The summed E-state index contributed by atoms with van der Waals surface area (Å²) in [6, 6.07) is 9.85. The lowest BCUT2D eigenvalue weighted by molar-refractivity contribution is 1.64. The minimum atomic E-state index is 0.714. The maximum absolute atomic E-state index is 5.73. The van der Waals surface area contributed by atoms with Gasteiger partial charge in [-0.3, -0.25) is 0 Å². The molecule has 2 rings (SSSR count). The summed E-state index contributed by atoms with van der Waals surface area (Å²) in [5.41, 5.74) is 14.0. The number of rotatable bonds is 1. The molecule has 1 aromatic carbocycles. The van der Waals surface area contributed by atoms with Gasteiger partial charge in [-0.05, 0) is 42.8 Å². The predicted octanol–water partition coefficient (Wildman–Crippen LogP) is 2.89. The largest absolute Gasteiger partial charge is 0.399 e. The second-order valence-corrected chi connectivity index (χ2v) is 4.59. The summed E-state index contributed by atoms with van der Waals surface area (Å²) in [5.74, 6) is 0. The molecule has 1 aromatic heterocycles. The van der Waals surface area contributed by atoms with Crippen LogP contribution in [0.3, 0.4) is 0 Å². The van der Waals surface area contributed by atoms with Gasteiger partial charge >= 0.3 is 0 Å². The lowest BCUT2D eigenvalue weighted by atomic mass is 10.1. The van der Waals surface area contributed by atoms with Crippen LogP contribution in [0.2, 0.25) is 0 Å². The molecule has 0 atom stereocenters. The van der Waals surface area contributed by atoms with E-state index in [2.05, 4.69) is 19.1 Å². The third kappa shape index (κ3) is 1.72. The number of aryl methyl sites for hydroxylation is 1. The van der Waals surface area contributed by atoms with Crippen molar-refractivity contribution in [3.05, 3.63) is 35.2 Å². The van der Waals surface area contributed by atoms with Crippen molar-refractivity contribution in [2.45, 2.75) is 6.92 Å². The topological polar surface area (TPSA) is 52.0 Å². The monoisotopic (exact) mass is 204 g/mol. The maximum Gasteiger partial charge on any atom is 0.0347 e. The number of benzene rings is 1. The zero-order valence-corrected chi connectivity index (χ0v) is 8.77. The van der Waals surface area contributed by atoms with Gasteiger partial charge in [-0.25, -0.2) is 0 Å². The average molecular weight is 204 g/mol. The summed E-state index contributed by atoms with van der Waals surface area (Å²) in [6.45, 7) is 2.09. The van der Waals surface area contributed by atoms with Gasteiger partial charge in [0.25, 0.3) is 0 Å². The second kappa shape index (κ2) is 3.35. The maximum atomic E-state index is 5.73. The average Bonchev–Trinajstić information content (AvgIpc) is 2.50. The van der Waals surface area contributed by atoms with Crippen molar-refractivity contribution in [2.24, 2.45) is 0 Å². The van der Waals surface area contributed by atoms with Gasteiger partial charge in [-0.1, -0.05) is 0 Å². The van der Waals surface area contributed by atoms with Crippen molar-refractivity contribution < 1.29 is 0 Å². The molecule has 0 amide bonds. The molecule has 3 heteroatoms. The standard InChI is InChI=1S/C11H12N2S/c1-7-2-3-11(14-7)8-4-9(12)6-10(13)5-8/h2-6H,12-13H2,1H3. The van der Waals surface area contributed by atoms with E-state index in [9.17, 15) is 0 Å². The molecule has 2 aromatic rings. The van der Waals surface area contributed by atoms with E-state index in [0.29, 0.717) is 11.4 Å². The molecule has 4 N–H and O–H groups in total. The lowest BCUT2D eigenvalue weighted by Gasteiger charge is -2.01. The van der Waals surface area contributed by atoms with Crippen LogP contribution in [-0.4, -0.2) is 0 Å². The fraction of sp³-hybridized carbons (Fsp3) is 0.0909. The Kier molecular flexibility index (Phi) is 2.17. The highest BCUT2D eigenvalue weighted by Gasteiger charge is 2.02. The molecule has 0 aliphatic carbocycles. The quantitative estimate of drug-likeness (QED) is 0.702. The van der Waals surface area contributed by atoms with Crippen LogP contribution in [0.15, 0.2) is 30.3 Å². The molecule has 0 saturated heterocycles. The highest BCUT2D eigenvalue weighted by molar-refractivity contribution is 7.15. The van der Waals surface area contributed by atoms with Gasteiger partial charge in [0.05, 0.1) is 0 Å². The fourth-order valence-corrected chi connectivity index (χ4v) is 2.26. The Balaban J connectivity index is 2.51. The van der Waals surface area contributed by atoms with Crippen molar-refractivity contribution in [3.8, 4) is 10.4 Å². The van der Waals surface area contributed by atoms with Crippen LogP contribution in [0, 0.1) is 6.92 Å². The van der Waals surface area contributed by atoms with Gasteiger partial charge in [-0.15, -0.1) is 11.3 Å². The lowest BCUT2D eigenvalue weighted by Crippen LogP contribution is -1.90. The summed E-state index contributed by atoms with van der Waals surface area (Å²) in [6.07, 6.45) is 0. The summed E-state index contributed by atoms with van der Waals surface area (Å²) in [5, 5.41) is 0. The van der Waals surface area contributed by atoms with Crippen molar-refractivity contribution in [2.75, 3.05) is 11.5 Å². The SMILES string of the molecule is Cc1ccc(-c2cc(N)cc(N)c2)s1. The fourth-order valence-electron chi connectivity index (χ4n) is 1.41. The van der Waals surface area contributed by atoms with Crippen molar-refractivity contribution in [3.63, 3.8) is 0 Å². The first-order chi connectivity index (χ1) is 6.65. The van der Waals surface area contributed by atoms with Crippen LogP contribution in [0.5, 0.6) is 0 Å². The number of anilines is 2. The number of hydrogen-bond donors (Lipinski definition) is 2. The predicted molar refractivity (Wildman–Crippen MR) is 63.3 cm³/mol. The Morgan fingerprint density at radius 3 is 2.14 bits per heavy atom. The van der Waals surface area contributed by atoms with E-state index < -0.39 is 0 Å². The van der Waals surface area contributed by atoms with Gasteiger partial charge in [0.2, 0.25) is 0 Å². The summed E-state index contributed by atoms with van der Waals surface area (Å²) < 4.78 is 0. The van der Waals surface area contributed by atoms with E-state index in [-0.39, 0.29) is 0 Å². The van der Waals surface area contributed by atoms with E-state index in [4.69, 9.17) is 11.5 Å². The zero-order valence-electron chi connectivity index (χ0n) is 7.95. The van der Waals surface area contributed by atoms with Gasteiger partial charge < -0.3 is 11.5 Å². The molecular weight excluding hydrogens is 192 g/mol. The van der Waals surface area contributed by atoms with Gasteiger partial charge in [-0.2, -0.15) is 0 Å². The Morgan fingerprint density at radius 2 is 1.64 bits per heavy atom. The molecule has 0 saturated carbocycles. The van der Waals surface area contributed by atoms with Crippen molar-refractivity contribution in [1.29, 1.82) is 0 Å². The first-order valence-corrected chi connectivity index (χ1v) is 5.19. The smallest absolute Gasteiger partial charge is 0.0347 e. The molecular formula is C11H12N2S. The van der Waals surface area contributed by atoms with Crippen LogP contribution in [0.25, 0.3) is 10.4 Å². The Hall–Kier alpha value is -1.48. The van der Waals surface area contributed by atoms with Crippen LogP contribution >= 0.6 is 11.3 Å². The minimum Gasteiger partial charge on any atom is -0.399 e. The van der Waals surface area contributed by atoms with Gasteiger partial charge in [0, 0.05) is 21.1 Å². The van der Waals surface area contributed by atoms with Crippen LogP contribution in [-0.2, 0) is 0 Å². The van der Waals surface area contributed by atoms with E-state index in [1.165, 1.54) is 9.75 Å². The molecule has 0 radical (unpaired) electrons.